The van der Waals surface area contributed by atoms with Crippen molar-refractivity contribution in [1.29, 1.82) is 0 Å². The predicted molar refractivity (Wildman–Crippen MR) is 110 cm³/mol. The fourth-order valence-electron chi connectivity index (χ4n) is 3.11. The topological polar surface area (TPSA) is 59.1 Å². The Kier molecular flexibility index (Phi) is 8.36. The molecule has 6 nitrogen and oxygen atoms in total. The Morgan fingerprint density at radius 2 is 1.71 bits per heavy atom. The first-order valence-electron chi connectivity index (χ1n) is 9.93. The highest BCUT2D eigenvalue weighted by molar-refractivity contribution is 5.79. The van der Waals surface area contributed by atoms with Gasteiger partial charge in [-0.05, 0) is 37.0 Å². The smallest absolute Gasteiger partial charge is 0.260 e. The molecule has 2 rings (SSSR count). The monoisotopic (exact) mass is 388 g/mol. The maximum absolute atomic E-state index is 12.5. The molecule has 0 unspecified atom stereocenters. The number of carbonyl (C=O) groups is 2. The van der Waals surface area contributed by atoms with E-state index in [0.717, 1.165) is 12.0 Å². The molecule has 1 saturated heterocycles. The van der Waals surface area contributed by atoms with E-state index >= 15 is 0 Å². The van der Waals surface area contributed by atoms with E-state index in [1.165, 1.54) is 0 Å². The van der Waals surface area contributed by atoms with E-state index in [1.54, 1.807) is 12.0 Å². The van der Waals surface area contributed by atoms with Crippen molar-refractivity contribution in [1.82, 2.24) is 9.80 Å². The van der Waals surface area contributed by atoms with Gasteiger partial charge in [-0.3, -0.25) is 9.59 Å². The minimum Gasteiger partial charge on any atom is -0.493 e. The van der Waals surface area contributed by atoms with E-state index in [-0.39, 0.29) is 18.4 Å². The summed E-state index contributed by atoms with van der Waals surface area (Å²) in [4.78, 5) is 28.3. The Morgan fingerprint density at radius 1 is 1.07 bits per heavy atom. The van der Waals surface area contributed by atoms with E-state index < -0.39 is 0 Å². The molecule has 154 valence electrons. The molecule has 1 aromatic carbocycles. The number of ether oxygens (including phenoxy) is 2. The number of methoxy groups -OCH3 is 1. The number of allylic oxidation sites excluding steroid dienone is 1. The number of hydrogen-bond donors (Lipinski definition) is 0. The zero-order chi connectivity index (χ0) is 20.5. The molecule has 1 aliphatic rings. The van der Waals surface area contributed by atoms with Gasteiger partial charge >= 0.3 is 0 Å². The molecule has 1 heterocycles. The van der Waals surface area contributed by atoms with Crippen molar-refractivity contribution < 1.29 is 19.1 Å². The summed E-state index contributed by atoms with van der Waals surface area (Å²) in [5, 5.41) is 0. The molecule has 1 aliphatic heterocycles. The maximum atomic E-state index is 12.5. The van der Waals surface area contributed by atoms with Gasteiger partial charge in [-0.25, -0.2) is 0 Å². The molecule has 0 spiro atoms. The summed E-state index contributed by atoms with van der Waals surface area (Å²) in [7, 11) is 1.58. The van der Waals surface area contributed by atoms with Crippen LogP contribution in [0.25, 0.3) is 6.08 Å². The molecule has 0 N–H and O–H groups in total. The first-order chi connectivity index (χ1) is 13.4. The number of piperazine rings is 1. The van der Waals surface area contributed by atoms with Crippen LogP contribution in [0.4, 0.5) is 0 Å². The molecule has 0 aromatic heterocycles. The predicted octanol–water partition coefficient (Wildman–Crippen LogP) is 3.21. The molecular weight excluding hydrogens is 356 g/mol. The number of benzene rings is 1. The second kappa shape index (κ2) is 10.7. The Hall–Kier alpha value is -2.50. The molecule has 1 fully saturated rings. The van der Waals surface area contributed by atoms with E-state index in [1.807, 2.05) is 42.2 Å². The Morgan fingerprint density at radius 3 is 2.29 bits per heavy atom. The first-order valence-corrected chi connectivity index (χ1v) is 9.93. The van der Waals surface area contributed by atoms with Crippen molar-refractivity contribution in [2.45, 2.75) is 33.6 Å². The van der Waals surface area contributed by atoms with Crippen LogP contribution in [0.15, 0.2) is 24.3 Å². The van der Waals surface area contributed by atoms with Gasteiger partial charge in [0.2, 0.25) is 5.91 Å². The van der Waals surface area contributed by atoms with Gasteiger partial charge in [-0.1, -0.05) is 32.1 Å². The Balaban J connectivity index is 1.82. The number of amides is 2. The third kappa shape index (κ3) is 6.29. The SMILES string of the molecule is C/C=C/c1ccc(OCC(=O)N2CCN(C(=O)CCC(C)C)CC2)c(OC)c1. The average molecular weight is 389 g/mol. The molecule has 0 aliphatic carbocycles. The van der Waals surface area contributed by atoms with Gasteiger partial charge in [-0.2, -0.15) is 0 Å². The number of carbonyl (C=O) groups excluding carboxylic acids is 2. The largest absolute Gasteiger partial charge is 0.493 e. The summed E-state index contributed by atoms with van der Waals surface area (Å²) in [6, 6.07) is 5.61. The van der Waals surface area contributed by atoms with Crippen molar-refractivity contribution in [3.8, 4) is 11.5 Å². The standard InChI is InChI=1S/C22H32N2O4/c1-5-6-18-8-9-19(20(15-18)27-4)28-16-22(26)24-13-11-23(12-14-24)21(25)10-7-17(2)3/h5-6,8-9,15,17H,7,10-14,16H2,1-4H3/b6-5+. The third-order valence-electron chi connectivity index (χ3n) is 4.82. The zero-order valence-electron chi connectivity index (χ0n) is 17.4. The Labute approximate surface area is 168 Å². The summed E-state index contributed by atoms with van der Waals surface area (Å²) in [5.74, 6) is 1.78. The Bertz CT molecular complexity index is 692. The third-order valence-corrected chi connectivity index (χ3v) is 4.82. The van der Waals surface area contributed by atoms with Gasteiger partial charge in [0.05, 0.1) is 7.11 Å². The van der Waals surface area contributed by atoms with Crippen molar-refractivity contribution in [3.63, 3.8) is 0 Å². The quantitative estimate of drug-likeness (QED) is 0.686. The van der Waals surface area contributed by atoms with Crippen LogP contribution < -0.4 is 9.47 Å². The fourth-order valence-corrected chi connectivity index (χ4v) is 3.11. The van der Waals surface area contributed by atoms with Gasteiger partial charge in [0, 0.05) is 32.6 Å². The van der Waals surface area contributed by atoms with E-state index in [9.17, 15) is 9.59 Å². The van der Waals surface area contributed by atoms with Crippen LogP contribution in [0, 0.1) is 5.92 Å². The highest BCUT2D eigenvalue weighted by Gasteiger charge is 2.24. The van der Waals surface area contributed by atoms with Crippen molar-refractivity contribution in [2.75, 3.05) is 39.9 Å². The molecular formula is C22H32N2O4. The van der Waals surface area contributed by atoms with Crippen LogP contribution in [-0.2, 0) is 9.59 Å². The highest BCUT2D eigenvalue weighted by atomic mass is 16.5. The summed E-state index contributed by atoms with van der Waals surface area (Å²) >= 11 is 0. The van der Waals surface area contributed by atoms with Gasteiger partial charge < -0.3 is 19.3 Å². The van der Waals surface area contributed by atoms with Gasteiger partial charge in [0.1, 0.15) is 0 Å². The van der Waals surface area contributed by atoms with Crippen LogP contribution in [0.5, 0.6) is 11.5 Å². The lowest BCUT2D eigenvalue weighted by atomic mass is 10.1. The average Bonchev–Trinajstić information content (AvgIpc) is 2.71. The fraction of sp³-hybridized carbons (Fsp3) is 0.545. The summed E-state index contributed by atoms with van der Waals surface area (Å²) in [5.41, 5.74) is 1.01. The number of hydrogen-bond acceptors (Lipinski definition) is 4. The maximum Gasteiger partial charge on any atom is 0.260 e. The van der Waals surface area contributed by atoms with Crippen LogP contribution in [0.1, 0.15) is 39.2 Å². The number of rotatable bonds is 8. The van der Waals surface area contributed by atoms with Crippen molar-refractivity contribution in [2.24, 2.45) is 5.92 Å². The molecule has 0 atom stereocenters. The molecule has 1 aromatic rings. The summed E-state index contributed by atoms with van der Waals surface area (Å²) < 4.78 is 11.1. The molecule has 0 bridgehead atoms. The van der Waals surface area contributed by atoms with E-state index in [0.29, 0.717) is 50.0 Å². The minimum absolute atomic E-state index is 0.0411. The van der Waals surface area contributed by atoms with Crippen molar-refractivity contribution in [3.05, 3.63) is 29.8 Å². The van der Waals surface area contributed by atoms with Crippen LogP contribution in [-0.4, -0.2) is 61.5 Å². The van der Waals surface area contributed by atoms with Gasteiger partial charge in [-0.15, -0.1) is 0 Å². The molecule has 0 radical (unpaired) electrons. The highest BCUT2D eigenvalue weighted by Crippen LogP contribution is 2.28. The van der Waals surface area contributed by atoms with Gasteiger partial charge in [0.15, 0.2) is 18.1 Å². The molecule has 2 amide bonds. The van der Waals surface area contributed by atoms with Crippen LogP contribution >= 0.6 is 0 Å². The lowest BCUT2D eigenvalue weighted by molar-refractivity contribution is -0.140. The lowest BCUT2D eigenvalue weighted by Gasteiger charge is -2.35. The van der Waals surface area contributed by atoms with E-state index in [2.05, 4.69) is 13.8 Å². The second-order valence-electron chi connectivity index (χ2n) is 7.39. The summed E-state index contributed by atoms with van der Waals surface area (Å²) in [6.07, 6.45) is 5.41. The summed E-state index contributed by atoms with van der Waals surface area (Å²) in [6.45, 7) is 8.42. The van der Waals surface area contributed by atoms with Gasteiger partial charge in [0.25, 0.3) is 5.91 Å². The van der Waals surface area contributed by atoms with Crippen LogP contribution in [0.3, 0.4) is 0 Å². The normalized spacial score (nSPS) is 14.6. The van der Waals surface area contributed by atoms with E-state index in [4.69, 9.17) is 9.47 Å². The van der Waals surface area contributed by atoms with Crippen LogP contribution in [0.2, 0.25) is 0 Å². The molecule has 6 heteroatoms. The first kappa shape index (κ1) is 21.8. The second-order valence-corrected chi connectivity index (χ2v) is 7.39. The number of nitrogens with zero attached hydrogens (tertiary/aromatic N) is 2. The molecule has 28 heavy (non-hydrogen) atoms. The molecule has 0 saturated carbocycles. The zero-order valence-corrected chi connectivity index (χ0v) is 17.4. The lowest BCUT2D eigenvalue weighted by Crippen LogP contribution is -2.51. The minimum atomic E-state index is -0.0751. The van der Waals surface area contributed by atoms with Crippen molar-refractivity contribution >= 4 is 17.9 Å².